The Kier molecular flexibility index (Phi) is 4.35. The lowest BCUT2D eigenvalue weighted by Crippen LogP contribution is -2.09. The molecule has 0 aliphatic carbocycles. The summed E-state index contributed by atoms with van der Waals surface area (Å²) in [7, 11) is 0. The smallest absolute Gasteiger partial charge is 0.148 e. The molecule has 100 valence electrons. The molecule has 0 bridgehead atoms. The molecular weight excluding hydrogens is 250 g/mol. The number of hydrogen-bond donors (Lipinski definition) is 2. The highest BCUT2D eigenvalue weighted by Crippen LogP contribution is 2.21. The number of anilines is 1. The fraction of sp³-hybridized carbons (Fsp3) is 0.231. The third-order valence-corrected chi connectivity index (χ3v) is 2.56. The standard InChI is InChI=1S/C13H14F2N4/c14-9-2-3-11(15)10(8-9)12-4-5-13(19-18-12)17-7-1-6-16/h2-5,8H,1,6-7,16H2,(H,17,19). The molecule has 0 saturated heterocycles. The summed E-state index contributed by atoms with van der Waals surface area (Å²) >= 11 is 0. The van der Waals surface area contributed by atoms with E-state index in [4.69, 9.17) is 5.73 Å². The number of benzene rings is 1. The van der Waals surface area contributed by atoms with Crippen molar-refractivity contribution in [2.75, 3.05) is 18.4 Å². The summed E-state index contributed by atoms with van der Waals surface area (Å²) in [6.07, 6.45) is 0.821. The Hall–Kier alpha value is -2.08. The molecule has 3 N–H and O–H groups in total. The maximum atomic E-state index is 13.5. The van der Waals surface area contributed by atoms with Crippen LogP contribution in [0.25, 0.3) is 11.3 Å². The molecule has 1 aromatic heterocycles. The van der Waals surface area contributed by atoms with Crippen LogP contribution >= 0.6 is 0 Å². The number of aromatic nitrogens is 2. The third-order valence-electron chi connectivity index (χ3n) is 2.56. The predicted octanol–water partition coefficient (Wildman–Crippen LogP) is 2.18. The quantitative estimate of drug-likeness (QED) is 0.812. The zero-order valence-corrected chi connectivity index (χ0v) is 10.2. The number of halogens is 2. The van der Waals surface area contributed by atoms with E-state index in [1.165, 1.54) is 0 Å². The van der Waals surface area contributed by atoms with Crippen LogP contribution in [-0.2, 0) is 0 Å². The summed E-state index contributed by atoms with van der Waals surface area (Å²) in [5, 5.41) is 10.8. The molecule has 0 fully saturated rings. The molecule has 4 nitrogen and oxygen atoms in total. The highest BCUT2D eigenvalue weighted by molar-refractivity contribution is 5.60. The van der Waals surface area contributed by atoms with Crippen LogP contribution in [0.1, 0.15) is 6.42 Å². The zero-order valence-electron chi connectivity index (χ0n) is 10.2. The van der Waals surface area contributed by atoms with Crippen LogP contribution in [0, 0.1) is 11.6 Å². The molecule has 0 amide bonds. The monoisotopic (exact) mass is 264 g/mol. The Balaban J connectivity index is 2.15. The molecule has 1 aromatic carbocycles. The molecule has 0 spiro atoms. The second-order valence-corrected chi connectivity index (χ2v) is 4.00. The zero-order chi connectivity index (χ0) is 13.7. The van der Waals surface area contributed by atoms with E-state index < -0.39 is 11.6 Å². The van der Waals surface area contributed by atoms with Crippen molar-refractivity contribution in [1.82, 2.24) is 10.2 Å². The Bertz CT molecular complexity index is 543. The van der Waals surface area contributed by atoms with Crippen molar-refractivity contribution >= 4 is 5.82 Å². The second kappa shape index (κ2) is 6.19. The summed E-state index contributed by atoms with van der Waals surface area (Å²) in [5.41, 5.74) is 5.76. The minimum Gasteiger partial charge on any atom is -0.369 e. The van der Waals surface area contributed by atoms with Gasteiger partial charge < -0.3 is 11.1 Å². The van der Waals surface area contributed by atoms with Crippen LogP contribution in [-0.4, -0.2) is 23.3 Å². The summed E-state index contributed by atoms with van der Waals surface area (Å²) < 4.78 is 26.6. The highest BCUT2D eigenvalue weighted by atomic mass is 19.1. The van der Waals surface area contributed by atoms with Crippen LogP contribution in [0.5, 0.6) is 0 Å². The molecule has 2 rings (SSSR count). The van der Waals surface area contributed by atoms with Crippen LogP contribution in [0.3, 0.4) is 0 Å². The Labute approximate surface area is 109 Å². The summed E-state index contributed by atoms with van der Waals surface area (Å²) in [5.74, 6) is -0.461. The van der Waals surface area contributed by atoms with Crippen LogP contribution in [0.2, 0.25) is 0 Å². The number of nitrogens with two attached hydrogens (primary N) is 1. The van der Waals surface area contributed by atoms with Gasteiger partial charge in [0.15, 0.2) is 0 Å². The molecule has 0 saturated carbocycles. The molecular formula is C13H14F2N4. The Morgan fingerprint density at radius 1 is 1.11 bits per heavy atom. The third kappa shape index (κ3) is 3.45. The molecule has 1 heterocycles. The average Bonchev–Trinajstić information content (AvgIpc) is 2.43. The lowest BCUT2D eigenvalue weighted by Gasteiger charge is -2.05. The van der Waals surface area contributed by atoms with E-state index in [1.54, 1.807) is 12.1 Å². The summed E-state index contributed by atoms with van der Waals surface area (Å²) in [6.45, 7) is 1.28. The van der Waals surface area contributed by atoms with Gasteiger partial charge >= 0.3 is 0 Å². The van der Waals surface area contributed by atoms with Crippen molar-refractivity contribution in [2.45, 2.75) is 6.42 Å². The maximum absolute atomic E-state index is 13.5. The van der Waals surface area contributed by atoms with E-state index in [2.05, 4.69) is 15.5 Å². The van der Waals surface area contributed by atoms with E-state index in [-0.39, 0.29) is 5.56 Å². The first-order valence-corrected chi connectivity index (χ1v) is 5.94. The van der Waals surface area contributed by atoms with Gasteiger partial charge in [-0.1, -0.05) is 0 Å². The number of nitrogens with zero attached hydrogens (tertiary/aromatic N) is 2. The normalized spacial score (nSPS) is 10.5. The van der Waals surface area contributed by atoms with Gasteiger partial charge in [-0.25, -0.2) is 8.78 Å². The number of nitrogens with one attached hydrogen (secondary N) is 1. The largest absolute Gasteiger partial charge is 0.369 e. The van der Waals surface area contributed by atoms with Crippen molar-refractivity contribution in [3.8, 4) is 11.3 Å². The van der Waals surface area contributed by atoms with Gasteiger partial charge in [-0.05, 0) is 43.3 Å². The highest BCUT2D eigenvalue weighted by Gasteiger charge is 2.08. The van der Waals surface area contributed by atoms with Gasteiger partial charge in [0.2, 0.25) is 0 Å². The van der Waals surface area contributed by atoms with Gasteiger partial charge in [0, 0.05) is 12.1 Å². The van der Waals surface area contributed by atoms with E-state index in [0.29, 0.717) is 24.6 Å². The topological polar surface area (TPSA) is 63.8 Å². The van der Waals surface area contributed by atoms with Crippen molar-refractivity contribution in [2.24, 2.45) is 5.73 Å². The summed E-state index contributed by atoms with van der Waals surface area (Å²) in [4.78, 5) is 0. The number of rotatable bonds is 5. The molecule has 19 heavy (non-hydrogen) atoms. The second-order valence-electron chi connectivity index (χ2n) is 4.00. The minimum absolute atomic E-state index is 0.0982. The van der Waals surface area contributed by atoms with Gasteiger partial charge in [-0.15, -0.1) is 10.2 Å². The van der Waals surface area contributed by atoms with Crippen LogP contribution in [0.15, 0.2) is 30.3 Å². The Morgan fingerprint density at radius 3 is 2.63 bits per heavy atom. The first kappa shape index (κ1) is 13.4. The van der Waals surface area contributed by atoms with Gasteiger partial charge in [0.05, 0.1) is 5.69 Å². The van der Waals surface area contributed by atoms with Gasteiger partial charge in [-0.2, -0.15) is 0 Å². The van der Waals surface area contributed by atoms with Gasteiger partial charge in [0.1, 0.15) is 17.5 Å². The van der Waals surface area contributed by atoms with E-state index in [1.807, 2.05) is 0 Å². The molecule has 0 atom stereocenters. The van der Waals surface area contributed by atoms with E-state index in [0.717, 1.165) is 24.6 Å². The van der Waals surface area contributed by atoms with E-state index in [9.17, 15) is 8.78 Å². The van der Waals surface area contributed by atoms with Gasteiger partial charge in [0.25, 0.3) is 0 Å². The lowest BCUT2D eigenvalue weighted by atomic mass is 10.1. The predicted molar refractivity (Wildman–Crippen MR) is 69.5 cm³/mol. The van der Waals surface area contributed by atoms with E-state index >= 15 is 0 Å². The average molecular weight is 264 g/mol. The van der Waals surface area contributed by atoms with Crippen molar-refractivity contribution in [3.05, 3.63) is 42.0 Å². The van der Waals surface area contributed by atoms with Crippen molar-refractivity contribution in [1.29, 1.82) is 0 Å². The molecule has 6 heteroatoms. The SMILES string of the molecule is NCCCNc1ccc(-c2cc(F)ccc2F)nn1. The Morgan fingerprint density at radius 2 is 1.95 bits per heavy atom. The maximum Gasteiger partial charge on any atom is 0.148 e. The first-order chi connectivity index (χ1) is 9.20. The number of hydrogen-bond acceptors (Lipinski definition) is 4. The molecule has 0 aliphatic heterocycles. The van der Waals surface area contributed by atoms with Gasteiger partial charge in [-0.3, -0.25) is 0 Å². The molecule has 0 unspecified atom stereocenters. The fourth-order valence-corrected chi connectivity index (χ4v) is 1.58. The molecule has 2 aromatic rings. The molecule has 0 aliphatic rings. The lowest BCUT2D eigenvalue weighted by molar-refractivity contribution is 0.602. The van der Waals surface area contributed by atoms with Crippen molar-refractivity contribution < 1.29 is 8.78 Å². The summed E-state index contributed by atoms with van der Waals surface area (Å²) in [6, 6.07) is 6.49. The van der Waals surface area contributed by atoms with Crippen LogP contribution in [0.4, 0.5) is 14.6 Å². The fourth-order valence-electron chi connectivity index (χ4n) is 1.58. The first-order valence-electron chi connectivity index (χ1n) is 5.94. The molecule has 0 radical (unpaired) electrons. The van der Waals surface area contributed by atoms with Crippen molar-refractivity contribution in [3.63, 3.8) is 0 Å². The van der Waals surface area contributed by atoms with Crippen LogP contribution < -0.4 is 11.1 Å². The minimum atomic E-state index is -0.528.